The average Bonchev–Trinajstić information content (AvgIpc) is 2.68. The van der Waals surface area contributed by atoms with Crippen LogP contribution in [0.15, 0.2) is 24.3 Å². The molecule has 0 saturated heterocycles. The molecule has 2 aromatic rings. The van der Waals surface area contributed by atoms with E-state index in [0.717, 1.165) is 22.2 Å². The lowest BCUT2D eigenvalue weighted by Gasteiger charge is -2.24. The maximum atomic E-state index is 11.1. The van der Waals surface area contributed by atoms with Crippen molar-refractivity contribution in [2.45, 2.75) is 18.9 Å². The second-order valence-electron chi connectivity index (χ2n) is 4.64. The maximum absolute atomic E-state index is 11.1. The lowest BCUT2D eigenvalue weighted by molar-refractivity contribution is -0.142. The van der Waals surface area contributed by atoms with E-state index in [4.69, 9.17) is 10.8 Å². The molecule has 0 spiro atoms. The first kappa shape index (κ1) is 10.4. The van der Waals surface area contributed by atoms with E-state index in [-0.39, 0.29) is 12.0 Å². The van der Waals surface area contributed by atoms with E-state index < -0.39 is 5.97 Å². The first-order chi connectivity index (χ1) is 8.16. The van der Waals surface area contributed by atoms with Crippen molar-refractivity contribution in [2.75, 3.05) is 0 Å². The number of H-pyrrole nitrogens is 1. The number of hydrogen-bond acceptors (Lipinski definition) is 2. The van der Waals surface area contributed by atoms with Gasteiger partial charge in [0.25, 0.3) is 0 Å². The van der Waals surface area contributed by atoms with Crippen LogP contribution in [-0.2, 0) is 11.2 Å². The summed E-state index contributed by atoms with van der Waals surface area (Å²) < 4.78 is 0. The number of aliphatic carboxylic acids is 1. The van der Waals surface area contributed by atoms with Crippen molar-refractivity contribution < 1.29 is 9.90 Å². The highest BCUT2D eigenvalue weighted by Gasteiger charge is 2.31. The summed E-state index contributed by atoms with van der Waals surface area (Å²) in [6.45, 7) is 0. The van der Waals surface area contributed by atoms with Gasteiger partial charge in [-0.15, -0.1) is 0 Å². The molecule has 3 rings (SSSR count). The van der Waals surface area contributed by atoms with Crippen molar-refractivity contribution in [3.8, 4) is 0 Å². The zero-order valence-electron chi connectivity index (χ0n) is 9.31. The number of benzene rings is 1. The van der Waals surface area contributed by atoms with E-state index in [1.807, 2.05) is 24.3 Å². The van der Waals surface area contributed by atoms with Crippen LogP contribution in [0.3, 0.4) is 0 Å². The Bertz CT molecular complexity index is 588. The Hall–Kier alpha value is -1.81. The number of para-hydroxylation sites is 1. The smallest absolute Gasteiger partial charge is 0.306 e. The molecular weight excluding hydrogens is 216 g/mol. The SMILES string of the molecule is NC1CC(C(=O)O)Cc2c1[nH]c1ccccc21. The van der Waals surface area contributed by atoms with Gasteiger partial charge >= 0.3 is 5.97 Å². The zero-order valence-corrected chi connectivity index (χ0v) is 9.31. The fourth-order valence-electron chi connectivity index (χ4n) is 2.70. The predicted molar refractivity (Wildman–Crippen MR) is 64.7 cm³/mol. The minimum Gasteiger partial charge on any atom is -0.481 e. The maximum Gasteiger partial charge on any atom is 0.306 e. The average molecular weight is 230 g/mol. The standard InChI is InChI=1S/C13H14N2O2/c14-10-6-7(13(16)17)5-9-8-3-1-2-4-11(8)15-12(9)10/h1-4,7,10,15H,5-6,14H2,(H,16,17). The number of aromatic nitrogens is 1. The summed E-state index contributed by atoms with van der Waals surface area (Å²) in [5.41, 5.74) is 9.16. The fourth-order valence-corrected chi connectivity index (χ4v) is 2.70. The van der Waals surface area contributed by atoms with Crippen molar-refractivity contribution in [3.63, 3.8) is 0 Å². The molecule has 0 aliphatic heterocycles. The monoisotopic (exact) mass is 230 g/mol. The highest BCUT2D eigenvalue weighted by Crippen LogP contribution is 2.36. The van der Waals surface area contributed by atoms with Crippen LogP contribution < -0.4 is 5.73 Å². The molecule has 0 radical (unpaired) electrons. The Balaban J connectivity index is 2.16. The topological polar surface area (TPSA) is 79.1 Å². The minimum atomic E-state index is -0.753. The van der Waals surface area contributed by atoms with Gasteiger partial charge in [-0.3, -0.25) is 4.79 Å². The van der Waals surface area contributed by atoms with E-state index in [1.165, 1.54) is 0 Å². The molecule has 4 nitrogen and oxygen atoms in total. The molecule has 1 aromatic carbocycles. The summed E-state index contributed by atoms with van der Waals surface area (Å²) in [6, 6.07) is 7.74. The molecular formula is C13H14N2O2. The third kappa shape index (κ3) is 1.52. The van der Waals surface area contributed by atoms with Gasteiger partial charge in [-0.2, -0.15) is 0 Å². The van der Waals surface area contributed by atoms with Gasteiger partial charge in [-0.25, -0.2) is 0 Å². The first-order valence-electron chi connectivity index (χ1n) is 5.74. The van der Waals surface area contributed by atoms with Crippen LogP contribution >= 0.6 is 0 Å². The third-order valence-corrected chi connectivity index (χ3v) is 3.56. The number of carboxylic acid groups (broad SMARTS) is 1. The van der Waals surface area contributed by atoms with Gasteiger partial charge in [0.15, 0.2) is 0 Å². The van der Waals surface area contributed by atoms with Gasteiger partial charge in [0.1, 0.15) is 0 Å². The Kier molecular flexibility index (Phi) is 2.19. The zero-order chi connectivity index (χ0) is 12.0. The van der Waals surface area contributed by atoms with Crippen LogP contribution in [0.4, 0.5) is 0 Å². The van der Waals surface area contributed by atoms with E-state index >= 15 is 0 Å². The summed E-state index contributed by atoms with van der Waals surface area (Å²) in [7, 11) is 0. The first-order valence-corrected chi connectivity index (χ1v) is 5.74. The van der Waals surface area contributed by atoms with Gasteiger partial charge in [0.05, 0.1) is 5.92 Å². The number of hydrogen-bond donors (Lipinski definition) is 3. The number of rotatable bonds is 1. The highest BCUT2D eigenvalue weighted by molar-refractivity contribution is 5.86. The molecule has 1 aliphatic rings. The number of aromatic amines is 1. The Labute approximate surface area is 98.4 Å². The molecule has 17 heavy (non-hydrogen) atoms. The molecule has 4 heteroatoms. The number of nitrogens with two attached hydrogens (primary N) is 1. The molecule has 0 saturated carbocycles. The number of carboxylic acids is 1. The van der Waals surface area contributed by atoms with Crippen molar-refractivity contribution >= 4 is 16.9 Å². The van der Waals surface area contributed by atoms with Crippen LogP contribution in [-0.4, -0.2) is 16.1 Å². The molecule has 88 valence electrons. The van der Waals surface area contributed by atoms with Crippen molar-refractivity contribution in [2.24, 2.45) is 11.7 Å². The van der Waals surface area contributed by atoms with Gasteiger partial charge in [0.2, 0.25) is 0 Å². The van der Waals surface area contributed by atoms with Crippen molar-refractivity contribution in [3.05, 3.63) is 35.5 Å². The summed E-state index contributed by atoms with van der Waals surface area (Å²) in [5.74, 6) is -1.12. The molecule has 1 aromatic heterocycles. The summed E-state index contributed by atoms with van der Waals surface area (Å²) >= 11 is 0. The number of carbonyl (C=O) groups is 1. The van der Waals surface area contributed by atoms with E-state index in [1.54, 1.807) is 0 Å². The molecule has 1 aliphatic carbocycles. The molecule has 0 fully saturated rings. The van der Waals surface area contributed by atoms with Gasteiger partial charge in [0, 0.05) is 22.6 Å². The summed E-state index contributed by atoms with van der Waals surface area (Å²) in [5, 5.41) is 10.2. The van der Waals surface area contributed by atoms with Crippen LogP contribution in [0, 0.1) is 5.92 Å². The van der Waals surface area contributed by atoms with E-state index in [9.17, 15) is 4.79 Å². The van der Waals surface area contributed by atoms with E-state index in [0.29, 0.717) is 12.8 Å². The van der Waals surface area contributed by atoms with E-state index in [2.05, 4.69) is 4.98 Å². The van der Waals surface area contributed by atoms with Crippen LogP contribution in [0.2, 0.25) is 0 Å². The minimum absolute atomic E-state index is 0.202. The Morgan fingerprint density at radius 2 is 2.18 bits per heavy atom. The van der Waals surface area contributed by atoms with Gasteiger partial charge < -0.3 is 15.8 Å². The summed E-state index contributed by atoms with van der Waals surface area (Å²) in [6.07, 6.45) is 1.08. The van der Waals surface area contributed by atoms with Crippen LogP contribution in [0.1, 0.15) is 23.7 Å². The quantitative estimate of drug-likeness (QED) is 0.699. The van der Waals surface area contributed by atoms with Crippen LogP contribution in [0.5, 0.6) is 0 Å². The number of fused-ring (bicyclic) bond motifs is 3. The second kappa shape index (κ2) is 3.60. The molecule has 4 N–H and O–H groups in total. The normalized spacial score (nSPS) is 23.6. The molecule has 0 amide bonds. The molecule has 2 unspecified atom stereocenters. The Morgan fingerprint density at radius 1 is 1.41 bits per heavy atom. The Morgan fingerprint density at radius 3 is 2.94 bits per heavy atom. The summed E-state index contributed by atoms with van der Waals surface area (Å²) in [4.78, 5) is 14.4. The predicted octanol–water partition coefficient (Wildman–Crippen LogP) is 1.81. The largest absolute Gasteiger partial charge is 0.481 e. The highest BCUT2D eigenvalue weighted by atomic mass is 16.4. The van der Waals surface area contributed by atoms with Crippen LogP contribution in [0.25, 0.3) is 10.9 Å². The van der Waals surface area contributed by atoms with Gasteiger partial charge in [-0.05, 0) is 24.5 Å². The molecule has 2 atom stereocenters. The van der Waals surface area contributed by atoms with Crippen molar-refractivity contribution in [1.29, 1.82) is 0 Å². The molecule has 0 bridgehead atoms. The lowest BCUT2D eigenvalue weighted by Crippen LogP contribution is -2.28. The van der Waals surface area contributed by atoms with Crippen molar-refractivity contribution in [1.82, 2.24) is 4.98 Å². The molecule has 1 heterocycles. The third-order valence-electron chi connectivity index (χ3n) is 3.56. The lowest BCUT2D eigenvalue weighted by atomic mass is 9.84. The second-order valence-corrected chi connectivity index (χ2v) is 4.64. The van der Waals surface area contributed by atoms with Gasteiger partial charge in [-0.1, -0.05) is 18.2 Å². The number of nitrogens with one attached hydrogen (secondary N) is 1. The fraction of sp³-hybridized carbons (Fsp3) is 0.308.